The quantitative estimate of drug-likeness (QED) is 0.918. The van der Waals surface area contributed by atoms with E-state index in [0.717, 1.165) is 16.8 Å². The van der Waals surface area contributed by atoms with Crippen molar-refractivity contribution in [3.63, 3.8) is 0 Å². The number of rotatable bonds is 3. The zero-order valence-corrected chi connectivity index (χ0v) is 12.1. The van der Waals surface area contributed by atoms with Crippen molar-refractivity contribution in [2.75, 3.05) is 17.6 Å². The number of nitrogens with one attached hydrogen (secondary N) is 1. The first-order valence-electron chi connectivity index (χ1n) is 5.60. The van der Waals surface area contributed by atoms with Gasteiger partial charge in [-0.2, -0.15) is 11.8 Å². The third-order valence-corrected chi connectivity index (χ3v) is 5.55. The topological polar surface area (TPSA) is 24.9 Å². The molecule has 0 amide bonds. The molecule has 1 saturated heterocycles. The lowest BCUT2D eigenvalue weighted by Gasteiger charge is -2.23. The zero-order chi connectivity index (χ0) is 11.6. The summed E-state index contributed by atoms with van der Waals surface area (Å²) < 4.78 is 1.46. The SMILES string of the molecule is Cc1ccnc(NCC2(C)CCCS2)c1Br. The van der Waals surface area contributed by atoms with E-state index in [0.29, 0.717) is 4.75 Å². The molecule has 1 aromatic heterocycles. The molecule has 0 bridgehead atoms. The highest BCUT2D eigenvalue weighted by Crippen LogP contribution is 2.38. The van der Waals surface area contributed by atoms with Crippen LogP contribution >= 0.6 is 27.7 Å². The van der Waals surface area contributed by atoms with Gasteiger partial charge in [0.15, 0.2) is 0 Å². The highest BCUT2D eigenvalue weighted by atomic mass is 79.9. The van der Waals surface area contributed by atoms with Crippen LogP contribution in [0.2, 0.25) is 0 Å². The standard InChI is InChI=1S/C12H17BrN2S/c1-9-4-6-14-11(10(9)13)15-8-12(2)5-3-7-16-12/h4,6H,3,5,7-8H2,1-2H3,(H,14,15). The Labute approximate surface area is 110 Å². The second kappa shape index (κ2) is 4.96. The Morgan fingerprint density at radius 2 is 2.44 bits per heavy atom. The van der Waals surface area contributed by atoms with Crippen LogP contribution in [0.1, 0.15) is 25.3 Å². The average molecular weight is 301 g/mol. The maximum absolute atomic E-state index is 4.36. The predicted octanol–water partition coefficient (Wildman–Crippen LogP) is 3.85. The van der Waals surface area contributed by atoms with Gasteiger partial charge < -0.3 is 5.32 Å². The molecule has 1 aliphatic heterocycles. The van der Waals surface area contributed by atoms with Crippen LogP contribution in [-0.4, -0.2) is 22.0 Å². The number of hydrogen-bond donors (Lipinski definition) is 1. The smallest absolute Gasteiger partial charge is 0.140 e. The molecule has 0 aromatic carbocycles. The van der Waals surface area contributed by atoms with Crippen LogP contribution in [0.15, 0.2) is 16.7 Å². The Morgan fingerprint density at radius 3 is 3.12 bits per heavy atom. The normalized spacial score (nSPS) is 24.7. The van der Waals surface area contributed by atoms with Gasteiger partial charge in [-0.1, -0.05) is 0 Å². The highest BCUT2D eigenvalue weighted by Gasteiger charge is 2.29. The number of anilines is 1. The first-order valence-corrected chi connectivity index (χ1v) is 7.37. The van der Waals surface area contributed by atoms with E-state index in [4.69, 9.17) is 0 Å². The molecule has 1 N–H and O–H groups in total. The number of thioether (sulfide) groups is 1. The molecule has 2 nitrogen and oxygen atoms in total. The van der Waals surface area contributed by atoms with Gasteiger partial charge in [-0.25, -0.2) is 4.98 Å². The van der Waals surface area contributed by atoms with Gasteiger partial charge in [-0.15, -0.1) is 0 Å². The Kier molecular flexibility index (Phi) is 3.80. The summed E-state index contributed by atoms with van der Waals surface area (Å²) in [7, 11) is 0. The number of nitrogens with zero attached hydrogens (tertiary/aromatic N) is 1. The first-order chi connectivity index (χ1) is 7.61. The third-order valence-electron chi connectivity index (χ3n) is 3.01. The van der Waals surface area contributed by atoms with Crippen molar-refractivity contribution < 1.29 is 0 Å². The number of hydrogen-bond acceptors (Lipinski definition) is 3. The second-order valence-electron chi connectivity index (χ2n) is 4.55. The minimum atomic E-state index is 0.380. The maximum atomic E-state index is 4.36. The van der Waals surface area contributed by atoms with E-state index in [2.05, 4.69) is 51.8 Å². The van der Waals surface area contributed by atoms with E-state index in [1.807, 2.05) is 12.3 Å². The fourth-order valence-corrected chi connectivity index (χ4v) is 3.53. The van der Waals surface area contributed by atoms with Crippen molar-refractivity contribution in [1.82, 2.24) is 4.98 Å². The van der Waals surface area contributed by atoms with Gasteiger partial charge in [-0.3, -0.25) is 0 Å². The van der Waals surface area contributed by atoms with Crippen molar-refractivity contribution in [1.29, 1.82) is 0 Å². The Hall–Kier alpha value is -0.220. The van der Waals surface area contributed by atoms with E-state index < -0.39 is 0 Å². The van der Waals surface area contributed by atoms with Gasteiger partial charge >= 0.3 is 0 Å². The maximum Gasteiger partial charge on any atom is 0.140 e. The highest BCUT2D eigenvalue weighted by molar-refractivity contribution is 9.10. The molecule has 0 spiro atoms. The van der Waals surface area contributed by atoms with Crippen molar-refractivity contribution in [3.05, 3.63) is 22.3 Å². The minimum absolute atomic E-state index is 0.380. The van der Waals surface area contributed by atoms with Crippen molar-refractivity contribution in [2.24, 2.45) is 0 Å². The Morgan fingerprint density at radius 1 is 1.62 bits per heavy atom. The molecule has 0 radical (unpaired) electrons. The molecule has 1 aliphatic rings. The molecule has 4 heteroatoms. The van der Waals surface area contributed by atoms with Crippen molar-refractivity contribution in [3.8, 4) is 0 Å². The largest absolute Gasteiger partial charge is 0.368 e. The molecule has 1 aromatic rings. The van der Waals surface area contributed by atoms with E-state index in [9.17, 15) is 0 Å². The van der Waals surface area contributed by atoms with Crippen LogP contribution in [0.5, 0.6) is 0 Å². The molecule has 16 heavy (non-hydrogen) atoms. The number of halogens is 1. The summed E-state index contributed by atoms with van der Waals surface area (Å²) in [6, 6.07) is 2.02. The zero-order valence-electron chi connectivity index (χ0n) is 9.72. The molecule has 2 heterocycles. The van der Waals surface area contributed by atoms with Gasteiger partial charge in [-0.05, 0) is 60.0 Å². The summed E-state index contributed by atoms with van der Waals surface area (Å²) >= 11 is 5.64. The molecule has 1 unspecified atom stereocenters. The molecule has 88 valence electrons. The number of aryl methyl sites for hydroxylation is 1. The molecular formula is C12H17BrN2S. The monoisotopic (exact) mass is 300 g/mol. The first kappa shape index (κ1) is 12.2. The molecule has 1 atom stereocenters. The van der Waals surface area contributed by atoms with Gasteiger partial charge in [0.25, 0.3) is 0 Å². The van der Waals surface area contributed by atoms with Gasteiger partial charge in [0.2, 0.25) is 0 Å². The predicted molar refractivity (Wildman–Crippen MR) is 75.3 cm³/mol. The van der Waals surface area contributed by atoms with Crippen LogP contribution in [0, 0.1) is 6.92 Å². The molecule has 1 fully saturated rings. The summed E-state index contributed by atoms with van der Waals surface area (Å²) in [5.41, 5.74) is 1.22. The molecular weight excluding hydrogens is 284 g/mol. The number of aromatic nitrogens is 1. The van der Waals surface area contributed by atoms with Gasteiger partial charge in [0.1, 0.15) is 5.82 Å². The summed E-state index contributed by atoms with van der Waals surface area (Å²) in [6.07, 6.45) is 4.49. The summed E-state index contributed by atoms with van der Waals surface area (Å²) in [4.78, 5) is 4.36. The molecule has 0 aliphatic carbocycles. The minimum Gasteiger partial charge on any atom is -0.368 e. The van der Waals surface area contributed by atoms with E-state index in [-0.39, 0.29) is 0 Å². The fourth-order valence-electron chi connectivity index (χ4n) is 1.91. The lowest BCUT2D eigenvalue weighted by molar-refractivity contribution is 0.633. The molecule has 0 saturated carbocycles. The van der Waals surface area contributed by atoms with E-state index in [1.165, 1.54) is 24.2 Å². The lowest BCUT2D eigenvalue weighted by Crippen LogP contribution is -2.27. The van der Waals surface area contributed by atoms with E-state index in [1.54, 1.807) is 0 Å². The Bertz CT molecular complexity index is 375. The van der Waals surface area contributed by atoms with Crippen LogP contribution in [0.4, 0.5) is 5.82 Å². The van der Waals surface area contributed by atoms with Crippen molar-refractivity contribution in [2.45, 2.75) is 31.4 Å². The lowest BCUT2D eigenvalue weighted by atomic mass is 10.1. The average Bonchev–Trinajstić information content (AvgIpc) is 2.68. The third kappa shape index (κ3) is 2.72. The Balaban J connectivity index is 2.02. The summed E-state index contributed by atoms with van der Waals surface area (Å²) in [6.45, 7) is 5.41. The van der Waals surface area contributed by atoms with Crippen LogP contribution in [0.25, 0.3) is 0 Å². The second-order valence-corrected chi connectivity index (χ2v) is 7.02. The van der Waals surface area contributed by atoms with Crippen LogP contribution in [0.3, 0.4) is 0 Å². The van der Waals surface area contributed by atoms with Gasteiger partial charge in [0.05, 0.1) is 4.47 Å². The van der Waals surface area contributed by atoms with Gasteiger partial charge in [0, 0.05) is 17.5 Å². The fraction of sp³-hybridized carbons (Fsp3) is 0.583. The van der Waals surface area contributed by atoms with Crippen LogP contribution < -0.4 is 5.32 Å². The van der Waals surface area contributed by atoms with Crippen molar-refractivity contribution >= 4 is 33.5 Å². The van der Waals surface area contributed by atoms with E-state index >= 15 is 0 Å². The summed E-state index contributed by atoms with van der Waals surface area (Å²) in [5, 5.41) is 3.46. The van der Waals surface area contributed by atoms with Crippen LogP contribution in [-0.2, 0) is 0 Å². The number of pyridine rings is 1. The summed E-state index contributed by atoms with van der Waals surface area (Å²) in [5.74, 6) is 2.26. The molecule has 2 rings (SSSR count).